The highest BCUT2D eigenvalue weighted by atomic mass is 16.5. The molecular weight excluding hydrogens is 995 g/mol. The van der Waals surface area contributed by atoms with Crippen molar-refractivity contribution in [3.05, 3.63) is 24.3 Å². The molecule has 3 N–H and O–H groups in total. The van der Waals surface area contributed by atoms with Crippen LogP contribution < -0.4 is 5.32 Å². The van der Waals surface area contributed by atoms with E-state index < -0.39 is 12.1 Å². The molecule has 0 heterocycles. The number of allylic oxidation sites excluding steroid dienone is 4. The van der Waals surface area contributed by atoms with Crippen molar-refractivity contribution in [3.8, 4) is 0 Å². The van der Waals surface area contributed by atoms with Gasteiger partial charge in [0.2, 0.25) is 5.91 Å². The number of aliphatic hydroxyl groups is 2. The predicted molar refractivity (Wildman–Crippen MR) is 356 cm³/mol. The minimum atomic E-state index is -0.662. The number of hydrogen-bond donors (Lipinski definition) is 3. The molecule has 6 nitrogen and oxygen atoms in total. The van der Waals surface area contributed by atoms with E-state index >= 15 is 0 Å². The molecule has 2 unspecified atom stereocenters. The largest absolute Gasteiger partial charge is 0.466 e. The monoisotopic (exact) mass is 1140 g/mol. The van der Waals surface area contributed by atoms with Gasteiger partial charge in [0.1, 0.15) is 0 Å². The molecule has 0 bridgehead atoms. The first kappa shape index (κ1) is 79.3. The number of carbonyl (C=O) groups is 2. The molecule has 81 heavy (non-hydrogen) atoms. The summed E-state index contributed by atoms with van der Waals surface area (Å²) in [6, 6.07) is -0.539. The van der Waals surface area contributed by atoms with Crippen molar-refractivity contribution in [2.24, 2.45) is 0 Å². The van der Waals surface area contributed by atoms with Crippen LogP contribution in [0.3, 0.4) is 0 Å². The number of unbranched alkanes of at least 4 members (excludes halogenated alkanes) is 55. The highest BCUT2D eigenvalue weighted by Gasteiger charge is 2.20. The Morgan fingerprint density at radius 3 is 0.877 bits per heavy atom. The van der Waals surface area contributed by atoms with Crippen LogP contribution in [0.25, 0.3) is 0 Å². The van der Waals surface area contributed by atoms with Crippen LogP contribution in [0.1, 0.15) is 418 Å². The SMILES string of the molecule is CCCCCCCCC/C=C\CCCCCCCCCC(=O)OCCCCCCCCCCCCCC/C=C\CCCCCCCCCCCCCCCCCCC(=O)NC(CO)C(O)CCCCCCCCCCCCCCCC. The number of nitrogens with one attached hydrogen (secondary N) is 1. The molecule has 0 aliphatic rings. The highest BCUT2D eigenvalue weighted by molar-refractivity contribution is 5.76. The number of carbonyl (C=O) groups excluding carboxylic acids is 2. The highest BCUT2D eigenvalue weighted by Crippen LogP contribution is 2.19. The fourth-order valence-electron chi connectivity index (χ4n) is 11.8. The van der Waals surface area contributed by atoms with Crippen LogP contribution in [-0.2, 0) is 14.3 Å². The quantitative estimate of drug-likeness (QED) is 0.0320. The van der Waals surface area contributed by atoms with Crippen molar-refractivity contribution >= 4 is 11.9 Å². The minimum Gasteiger partial charge on any atom is -0.466 e. The van der Waals surface area contributed by atoms with Crippen molar-refractivity contribution in [1.82, 2.24) is 5.32 Å². The Balaban J connectivity index is 3.33. The lowest BCUT2D eigenvalue weighted by molar-refractivity contribution is -0.143. The molecule has 0 aliphatic heterocycles. The Bertz CT molecular complexity index is 1270. The Morgan fingerprint density at radius 2 is 0.580 bits per heavy atom. The van der Waals surface area contributed by atoms with Gasteiger partial charge in [0.05, 0.1) is 25.4 Å². The van der Waals surface area contributed by atoms with Crippen LogP contribution >= 0.6 is 0 Å². The topological polar surface area (TPSA) is 95.9 Å². The molecule has 0 aromatic heterocycles. The number of amides is 1. The molecule has 1 amide bonds. The summed E-state index contributed by atoms with van der Waals surface area (Å²) in [7, 11) is 0. The molecule has 0 fully saturated rings. The number of rotatable bonds is 70. The lowest BCUT2D eigenvalue weighted by Gasteiger charge is -2.22. The van der Waals surface area contributed by atoms with Gasteiger partial charge in [-0.25, -0.2) is 0 Å². The zero-order chi connectivity index (χ0) is 58.5. The van der Waals surface area contributed by atoms with E-state index in [1.165, 1.54) is 340 Å². The van der Waals surface area contributed by atoms with Crippen molar-refractivity contribution in [2.45, 2.75) is 431 Å². The molecule has 0 saturated carbocycles. The Morgan fingerprint density at radius 1 is 0.333 bits per heavy atom. The third-order valence-corrected chi connectivity index (χ3v) is 17.5. The van der Waals surface area contributed by atoms with Gasteiger partial charge in [-0.05, 0) is 77.0 Å². The van der Waals surface area contributed by atoms with E-state index in [1.807, 2.05) is 0 Å². The first-order valence-electron chi connectivity index (χ1n) is 37.1. The summed E-state index contributed by atoms with van der Waals surface area (Å²) in [6.07, 6.45) is 89.6. The molecule has 0 spiro atoms. The van der Waals surface area contributed by atoms with Gasteiger partial charge in [-0.3, -0.25) is 9.59 Å². The average molecular weight is 1140 g/mol. The van der Waals surface area contributed by atoms with Crippen LogP contribution in [0.5, 0.6) is 0 Å². The summed E-state index contributed by atoms with van der Waals surface area (Å²) in [5.74, 6) is -0.0135. The van der Waals surface area contributed by atoms with E-state index in [4.69, 9.17) is 4.74 Å². The zero-order valence-electron chi connectivity index (χ0n) is 55.0. The standard InChI is InChI=1S/C75H145NO5/c1-3-5-7-9-11-13-15-17-19-20-38-41-45-49-53-57-61-65-69-75(80)81-70-66-62-58-54-50-46-42-39-36-34-32-30-28-26-24-22-21-23-25-27-29-31-33-35-37-40-44-48-52-56-60-64-68-74(79)76-72(71-77)73(78)67-63-59-55-51-47-43-18-16-14-12-10-8-6-4-2/h19-20,24,26,72-73,77-78H,3-18,21-23,25,27-71H2,1-2H3,(H,76,79)/b20-19-,26-24-. The zero-order valence-corrected chi connectivity index (χ0v) is 55.0. The van der Waals surface area contributed by atoms with Crippen LogP contribution in [0.4, 0.5) is 0 Å². The maximum atomic E-state index is 12.5. The number of esters is 1. The molecule has 2 atom stereocenters. The maximum Gasteiger partial charge on any atom is 0.305 e. The third kappa shape index (κ3) is 67.3. The molecule has 0 aromatic rings. The van der Waals surface area contributed by atoms with E-state index in [1.54, 1.807) is 0 Å². The van der Waals surface area contributed by atoms with Crippen molar-refractivity contribution in [3.63, 3.8) is 0 Å². The fraction of sp³-hybridized carbons (Fsp3) is 0.920. The fourth-order valence-corrected chi connectivity index (χ4v) is 11.8. The summed E-state index contributed by atoms with van der Waals surface area (Å²) in [6.45, 7) is 4.99. The Hall–Kier alpha value is -1.66. The molecule has 0 aromatic carbocycles. The minimum absolute atomic E-state index is 0.0161. The van der Waals surface area contributed by atoms with E-state index in [0.717, 1.165) is 44.9 Å². The van der Waals surface area contributed by atoms with Crippen molar-refractivity contribution in [2.75, 3.05) is 13.2 Å². The van der Waals surface area contributed by atoms with Gasteiger partial charge in [-0.1, -0.05) is 353 Å². The van der Waals surface area contributed by atoms with Gasteiger partial charge < -0.3 is 20.3 Å². The average Bonchev–Trinajstić information content (AvgIpc) is 3.47. The molecule has 6 heteroatoms. The van der Waals surface area contributed by atoms with E-state index in [9.17, 15) is 19.8 Å². The number of hydrogen-bond acceptors (Lipinski definition) is 5. The molecule has 0 radical (unpaired) electrons. The van der Waals surface area contributed by atoms with Gasteiger partial charge in [-0.15, -0.1) is 0 Å². The second-order valence-corrected chi connectivity index (χ2v) is 25.6. The second kappa shape index (κ2) is 70.8. The van der Waals surface area contributed by atoms with E-state index in [0.29, 0.717) is 25.9 Å². The van der Waals surface area contributed by atoms with Gasteiger partial charge in [0.15, 0.2) is 0 Å². The van der Waals surface area contributed by atoms with Crippen molar-refractivity contribution < 1.29 is 24.5 Å². The van der Waals surface area contributed by atoms with Crippen LogP contribution in [0, 0.1) is 0 Å². The predicted octanol–water partition coefficient (Wildman–Crippen LogP) is 24.1. The smallest absolute Gasteiger partial charge is 0.305 e. The normalized spacial score (nSPS) is 12.6. The van der Waals surface area contributed by atoms with Crippen molar-refractivity contribution in [1.29, 1.82) is 0 Å². The Kier molecular flexibility index (Phi) is 69.4. The van der Waals surface area contributed by atoms with Crippen LogP contribution in [0.2, 0.25) is 0 Å². The summed E-state index contributed by atoms with van der Waals surface area (Å²) in [4.78, 5) is 24.6. The summed E-state index contributed by atoms with van der Waals surface area (Å²) < 4.78 is 5.51. The lowest BCUT2D eigenvalue weighted by Crippen LogP contribution is -2.45. The van der Waals surface area contributed by atoms with Gasteiger partial charge in [0.25, 0.3) is 0 Å². The van der Waals surface area contributed by atoms with Gasteiger partial charge >= 0.3 is 5.97 Å². The second-order valence-electron chi connectivity index (χ2n) is 25.6. The number of aliphatic hydroxyl groups excluding tert-OH is 2. The Labute approximate surface area is 507 Å². The van der Waals surface area contributed by atoms with E-state index in [-0.39, 0.29) is 18.5 Å². The van der Waals surface area contributed by atoms with Gasteiger partial charge in [-0.2, -0.15) is 0 Å². The number of ether oxygens (including phenoxy) is 1. The maximum absolute atomic E-state index is 12.5. The molecule has 0 saturated heterocycles. The summed E-state index contributed by atoms with van der Waals surface area (Å²) >= 11 is 0. The first-order valence-corrected chi connectivity index (χ1v) is 37.1. The van der Waals surface area contributed by atoms with Crippen LogP contribution in [-0.4, -0.2) is 47.4 Å². The lowest BCUT2D eigenvalue weighted by atomic mass is 10.0. The first-order chi connectivity index (χ1) is 40.0. The molecule has 0 rings (SSSR count). The third-order valence-electron chi connectivity index (χ3n) is 17.5. The molecular formula is C75H145NO5. The van der Waals surface area contributed by atoms with E-state index in [2.05, 4.69) is 43.5 Å². The molecule has 480 valence electrons. The summed E-state index contributed by atoms with van der Waals surface area (Å²) in [5.41, 5.74) is 0. The van der Waals surface area contributed by atoms with Crippen LogP contribution in [0.15, 0.2) is 24.3 Å². The molecule has 0 aliphatic carbocycles. The van der Waals surface area contributed by atoms with Gasteiger partial charge in [0, 0.05) is 12.8 Å². The summed E-state index contributed by atoms with van der Waals surface area (Å²) in [5, 5.41) is 23.3.